The van der Waals surface area contributed by atoms with Gasteiger partial charge in [0.1, 0.15) is 0 Å². The highest BCUT2D eigenvalue weighted by Gasteiger charge is 2.32. The van der Waals surface area contributed by atoms with Crippen LogP contribution in [-0.4, -0.2) is 19.0 Å². The molecule has 2 N–H and O–H groups in total. The Morgan fingerprint density at radius 1 is 1.11 bits per heavy atom. The van der Waals surface area contributed by atoms with Crippen LogP contribution in [0.4, 0.5) is 5.69 Å². The molecule has 1 aliphatic heterocycles. The smallest absolute Gasteiger partial charge is 0.240 e. The molecule has 0 radical (unpaired) electrons. The lowest BCUT2D eigenvalue weighted by atomic mass is 9.93. The zero-order valence-corrected chi connectivity index (χ0v) is 10.6. The number of nitrogens with zero attached hydrogens (tertiary/aromatic N) is 1. The fraction of sp³-hybridized carbons (Fsp3) is 0.188. The Hall–Kier alpha value is -2.13. The van der Waals surface area contributed by atoms with Gasteiger partial charge >= 0.3 is 0 Å². The minimum Gasteiger partial charge on any atom is -0.322 e. The SMILES string of the molecule is NCC(=O)N1CC(c2ccccc2)c2ccccc21. The molecular formula is C16H16N2O. The average molecular weight is 252 g/mol. The molecule has 0 aromatic heterocycles. The predicted octanol–water partition coefficient (Wildman–Crippen LogP) is 2.12. The van der Waals surface area contributed by atoms with Gasteiger partial charge < -0.3 is 10.6 Å². The summed E-state index contributed by atoms with van der Waals surface area (Å²) in [7, 11) is 0. The number of carbonyl (C=O) groups is 1. The fourth-order valence-corrected chi connectivity index (χ4v) is 2.72. The number of hydrogen-bond acceptors (Lipinski definition) is 2. The van der Waals surface area contributed by atoms with Crippen molar-refractivity contribution >= 4 is 11.6 Å². The van der Waals surface area contributed by atoms with Gasteiger partial charge in [0.15, 0.2) is 0 Å². The van der Waals surface area contributed by atoms with E-state index in [1.807, 2.05) is 36.4 Å². The third-order valence-electron chi connectivity index (χ3n) is 3.65. The van der Waals surface area contributed by atoms with E-state index in [2.05, 4.69) is 18.2 Å². The molecule has 0 bridgehead atoms. The Labute approximate surface area is 112 Å². The predicted molar refractivity (Wildman–Crippen MR) is 76.1 cm³/mol. The molecular weight excluding hydrogens is 236 g/mol. The Morgan fingerprint density at radius 3 is 2.53 bits per heavy atom. The summed E-state index contributed by atoms with van der Waals surface area (Å²) in [6.45, 7) is 0.731. The van der Waals surface area contributed by atoms with Crippen LogP contribution in [0.1, 0.15) is 17.0 Å². The second-order valence-corrected chi connectivity index (χ2v) is 4.73. The van der Waals surface area contributed by atoms with Crippen molar-refractivity contribution in [1.82, 2.24) is 0 Å². The van der Waals surface area contributed by atoms with Crippen LogP contribution < -0.4 is 10.6 Å². The largest absolute Gasteiger partial charge is 0.322 e. The molecule has 1 aliphatic rings. The van der Waals surface area contributed by atoms with Crippen molar-refractivity contribution in [2.24, 2.45) is 5.73 Å². The minimum absolute atomic E-state index is 0.0223. The van der Waals surface area contributed by atoms with Gasteiger partial charge in [-0.3, -0.25) is 4.79 Å². The molecule has 3 rings (SSSR count). The number of rotatable bonds is 2. The Balaban J connectivity index is 2.04. The van der Waals surface area contributed by atoms with Gasteiger partial charge in [-0.15, -0.1) is 0 Å². The van der Waals surface area contributed by atoms with E-state index in [0.29, 0.717) is 6.54 Å². The molecule has 1 amide bonds. The van der Waals surface area contributed by atoms with Gasteiger partial charge in [0.2, 0.25) is 5.91 Å². The summed E-state index contributed by atoms with van der Waals surface area (Å²) < 4.78 is 0. The summed E-state index contributed by atoms with van der Waals surface area (Å²) in [5.41, 5.74) is 8.94. The van der Waals surface area contributed by atoms with Crippen LogP contribution in [0.3, 0.4) is 0 Å². The number of hydrogen-bond donors (Lipinski definition) is 1. The first-order chi connectivity index (χ1) is 9.31. The highest BCUT2D eigenvalue weighted by atomic mass is 16.2. The highest BCUT2D eigenvalue weighted by Crippen LogP contribution is 2.39. The van der Waals surface area contributed by atoms with E-state index < -0.39 is 0 Å². The topological polar surface area (TPSA) is 46.3 Å². The molecule has 0 saturated carbocycles. The molecule has 96 valence electrons. The van der Waals surface area contributed by atoms with Crippen molar-refractivity contribution in [3.63, 3.8) is 0 Å². The van der Waals surface area contributed by atoms with Gasteiger partial charge in [-0.25, -0.2) is 0 Å². The van der Waals surface area contributed by atoms with Gasteiger partial charge in [-0.05, 0) is 17.2 Å². The summed E-state index contributed by atoms with van der Waals surface area (Å²) in [5.74, 6) is 0.221. The van der Waals surface area contributed by atoms with Crippen LogP contribution in [0, 0.1) is 0 Å². The van der Waals surface area contributed by atoms with Crippen LogP contribution in [-0.2, 0) is 4.79 Å². The van der Waals surface area contributed by atoms with Gasteiger partial charge in [0, 0.05) is 18.2 Å². The molecule has 1 heterocycles. The lowest BCUT2D eigenvalue weighted by Crippen LogP contribution is -2.35. The van der Waals surface area contributed by atoms with Gasteiger partial charge in [0.05, 0.1) is 6.54 Å². The quantitative estimate of drug-likeness (QED) is 0.890. The summed E-state index contributed by atoms with van der Waals surface area (Å²) in [6.07, 6.45) is 0. The van der Waals surface area contributed by atoms with E-state index >= 15 is 0 Å². The Bertz CT molecular complexity index is 595. The number of carbonyl (C=O) groups excluding carboxylic acids is 1. The Morgan fingerprint density at radius 2 is 1.79 bits per heavy atom. The van der Waals surface area contributed by atoms with E-state index in [-0.39, 0.29) is 18.4 Å². The van der Waals surface area contributed by atoms with Crippen molar-refractivity contribution < 1.29 is 4.79 Å². The molecule has 0 saturated heterocycles. The molecule has 1 atom stereocenters. The standard InChI is InChI=1S/C16H16N2O/c17-10-16(19)18-11-14(12-6-2-1-3-7-12)13-8-4-5-9-15(13)18/h1-9,14H,10-11,17H2. The summed E-state index contributed by atoms with van der Waals surface area (Å²) in [6, 6.07) is 18.4. The van der Waals surface area contributed by atoms with Crippen molar-refractivity contribution in [3.05, 3.63) is 65.7 Å². The molecule has 1 unspecified atom stereocenters. The molecule has 2 aromatic carbocycles. The number of anilines is 1. The molecule has 0 spiro atoms. The molecule has 3 heteroatoms. The van der Waals surface area contributed by atoms with Crippen LogP contribution in [0.25, 0.3) is 0 Å². The molecule has 0 fully saturated rings. The highest BCUT2D eigenvalue weighted by molar-refractivity contribution is 5.97. The first kappa shape index (κ1) is 11.9. The van der Waals surface area contributed by atoms with Crippen LogP contribution in [0.5, 0.6) is 0 Å². The number of fused-ring (bicyclic) bond motifs is 1. The van der Waals surface area contributed by atoms with Crippen LogP contribution in [0.2, 0.25) is 0 Å². The zero-order valence-electron chi connectivity index (χ0n) is 10.6. The molecule has 3 nitrogen and oxygen atoms in total. The summed E-state index contributed by atoms with van der Waals surface area (Å²) in [5, 5.41) is 0. The van der Waals surface area contributed by atoms with Crippen molar-refractivity contribution in [1.29, 1.82) is 0 Å². The summed E-state index contributed by atoms with van der Waals surface area (Å²) in [4.78, 5) is 13.8. The van der Waals surface area contributed by atoms with E-state index in [4.69, 9.17) is 5.73 Å². The van der Waals surface area contributed by atoms with Gasteiger partial charge in [-0.1, -0.05) is 48.5 Å². The molecule has 19 heavy (non-hydrogen) atoms. The van der Waals surface area contributed by atoms with E-state index in [1.165, 1.54) is 11.1 Å². The van der Waals surface area contributed by atoms with E-state index in [0.717, 1.165) is 5.69 Å². The van der Waals surface area contributed by atoms with Crippen molar-refractivity contribution in [3.8, 4) is 0 Å². The van der Waals surface area contributed by atoms with Crippen LogP contribution >= 0.6 is 0 Å². The first-order valence-corrected chi connectivity index (χ1v) is 6.45. The van der Waals surface area contributed by atoms with Gasteiger partial charge in [0.25, 0.3) is 0 Å². The van der Waals surface area contributed by atoms with E-state index in [9.17, 15) is 4.79 Å². The Kier molecular flexibility index (Phi) is 3.05. The zero-order chi connectivity index (χ0) is 13.2. The number of nitrogens with two attached hydrogens (primary N) is 1. The second-order valence-electron chi connectivity index (χ2n) is 4.73. The fourth-order valence-electron chi connectivity index (χ4n) is 2.72. The minimum atomic E-state index is -0.0223. The van der Waals surface area contributed by atoms with Crippen molar-refractivity contribution in [2.45, 2.75) is 5.92 Å². The molecule has 2 aromatic rings. The average Bonchev–Trinajstić information content (AvgIpc) is 2.87. The second kappa shape index (κ2) is 4.86. The van der Waals surface area contributed by atoms with Crippen LogP contribution in [0.15, 0.2) is 54.6 Å². The third-order valence-corrected chi connectivity index (χ3v) is 3.65. The lowest BCUT2D eigenvalue weighted by molar-refractivity contribution is -0.117. The lowest BCUT2D eigenvalue weighted by Gasteiger charge is -2.16. The molecule has 0 aliphatic carbocycles. The van der Waals surface area contributed by atoms with Gasteiger partial charge in [-0.2, -0.15) is 0 Å². The number of benzene rings is 2. The number of amides is 1. The monoisotopic (exact) mass is 252 g/mol. The van der Waals surface area contributed by atoms with Crippen molar-refractivity contribution in [2.75, 3.05) is 18.0 Å². The van der Waals surface area contributed by atoms with E-state index in [1.54, 1.807) is 4.90 Å². The normalized spacial score (nSPS) is 17.3. The summed E-state index contributed by atoms with van der Waals surface area (Å²) >= 11 is 0. The maximum Gasteiger partial charge on any atom is 0.240 e. The first-order valence-electron chi connectivity index (χ1n) is 6.45. The maximum absolute atomic E-state index is 12.0. The third kappa shape index (κ3) is 2.02. The number of para-hydroxylation sites is 1. The maximum atomic E-state index is 12.0.